The van der Waals surface area contributed by atoms with Crippen molar-refractivity contribution in [3.05, 3.63) is 12.4 Å². The zero-order valence-electron chi connectivity index (χ0n) is 17.3. The number of aliphatic hydroxyl groups is 1. The highest BCUT2D eigenvalue weighted by molar-refractivity contribution is 5.80. The maximum Gasteiger partial charge on any atom is 0.207 e. The third-order valence-electron chi connectivity index (χ3n) is 5.50. The molecule has 27 heavy (non-hydrogen) atoms. The number of hydrogen-bond acceptors (Lipinski definition) is 4. The fourth-order valence-corrected chi connectivity index (χ4v) is 3.87. The average Bonchev–Trinajstić information content (AvgIpc) is 3.00. The molecule has 1 atom stereocenters. The second kappa shape index (κ2) is 14.8. The Morgan fingerprint density at radius 2 is 1.48 bits per heavy atom. The highest BCUT2D eigenvalue weighted by Gasteiger charge is 2.34. The van der Waals surface area contributed by atoms with Gasteiger partial charge in [-0.1, -0.05) is 84.0 Å². The van der Waals surface area contributed by atoms with Gasteiger partial charge in [-0.05, 0) is 6.42 Å². The lowest BCUT2D eigenvalue weighted by atomic mass is 10.0. The van der Waals surface area contributed by atoms with Gasteiger partial charge >= 0.3 is 0 Å². The Hall–Kier alpha value is -1.20. The maximum atomic E-state index is 11.1. The van der Waals surface area contributed by atoms with Gasteiger partial charge in [-0.25, -0.2) is 9.48 Å². The number of nitrogens with zero attached hydrogens (tertiary/aromatic N) is 2. The molecule has 0 bridgehead atoms. The molecule has 1 heterocycles. The Labute approximate surface area is 165 Å². The first-order valence-electron chi connectivity index (χ1n) is 11.1. The number of amidine groups is 1. The van der Waals surface area contributed by atoms with Gasteiger partial charge in [0, 0.05) is 6.42 Å². The van der Waals surface area contributed by atoms with Gasteiger partial charge in [0.1, 0.15) is 19.3 Å². The third-order valence-corrected chi connectivity index (χ3v) is 5.50. The Bertz CT molecular complexity index is 462. The zero-order chi connectivity index (χ0) is 19.8. The summed E-state index contributed by atoms with van der Waals surface area (Å²) < 4.78 is 0.122. The van der Waals surface area contributed by atoms with Crippen LogP contribution in [0.5, 0.6) is 0 Å². The van der Waals surface area contributed by atoms with Crippen molar-refractivity contribution in [2.24, 2.45) is 4.99 Å². The van der Waals surface area contributed by atoms with Crippen LogP contribution in [0.1, 0.15) is 96.8 Å². The van der Waals surface area contributed by atoms with Crippen molar-refractivity contribution in [1.29, 1.82) is 0 Å². The molecule has 1 unspecified atom stereocenters. The number of carboxylic acids is 1. The standard InChI is InChI=1S/C22H40N2O3/c1-2-3-4-5-6-7-8-9-10-11-12-13-14-15-21-23-16-17-24(21,18-19-25)20-22(26)27/h16-17,25H,2-15,18-20H2,1H3. The molecular weight excluding hydrogens is 340 g/mol. The van der Waals surface area contributed by atoms with E-state index in [0.717, 1.165) is 25.1 Å². The minimum absolute atomic E-state index is 0.0603. The second-order valence-corrected chi connectivity index (χ2v) is 7.85. The molecule has 0 aliphatic carbocycles. The number of aliphatic imine (C=N–C) groups is 1. The van der Waals surface area contributed by atoms with Crippen molar-refractivity contribution < 1.29 is 19.5 Å². The summed E-state index contributed by atoms with van der Waals surface area (Å²) in [5.41, 5.74) is 0. The molecule has 5 heteroatoms. The van der Waals surface area contributed by atoms with Crippen LogP contribution in [0.3, 0.4) is 0 Å². The lowest BCUT2D eigenvalue weighted by Gasteiger charge is -2.32. The van der Waals surface area contributed by atoms with Crippen LogP contribution in [-0.4, -0.2) is 41.1 Å². The molecule has 1 N–H and O–H groups in total. The predicted molar refractivity (Wildman–Crippen MR) is 109 cm³/mol. The van der Waals surface area contributed by atoms with Gasteiger partial charge in [0.2, 0.25) is 5.84 Å². The van der Waals surface area contributed by atoms with Crippen LogP contribution in [0.2, 0.25) is 0 Å². The summed E-state index contributed by atoms with van der Waals surface area (Å²) in [6.07, 6.45) is 21.3. The minimum Gasteiger partial charge on any atom is -0.544 e. The molecule has 5 nitrogen and oxygen atoms in total. The summed E-state index contributed by atoms with van der Waals surface area (Å²) in [6, 6.07) is 0. The summed E-state index contributed by atoms with van der Waals surface area (Å²) >= 11 is 0. The molecule has 156 valence electrons. The van der Waals surface area contributed by atoms with Gasteiger partial charge in [0.15, 0.2) is 0 Å². The van der Waals surface area contributed by atoms with Gasteiger partial charge < -0.3 is 15.0 Å². The van der Waals surface area contributed by atoms with E-state index in [4.69, 9.17) is 0 Å². The van der Waals surface area contributed by atoms with E-state index in [1.165, 1.54) is 70.6 Å². The molecule has 0 fully saturated rings. The first kappa shape index (κ1) is 23.8. The van der Waals surface area contributed by atoms with Crippen LogP contribution in [0, 0.1) is 0 Å². The summed E-state index contributed by atoms with van der Waals surface area (Å²) in [7, 11) is 0. The monoisotopic (exact) mass is 380 g/mol. The van der Waals surface area contributed by atoms with Crippen LogP contribution >= 0.6 is 0 Å². The van der Waals surface area contributed by atoms with Crippen molar-refractivity contribution in [2.45, 2.75) is 96.8 Å². The van der Waals surface area contributed by atoms with Crippen LogP contribution in [0.4, 0.5) is 0 Å². The Kier molecular flexibility index (Phi) is 13.1. The molecule has 0 aromatic carbocycles. The molecule has 1 aliphatic rings. The van der Waals surface area contributed by atoms with Gasteiger partial charge in [-0.3, -0.25) is 0 Å². The fourth-order valence-electron chi connectivity index (χ4n) is 3.87. The number of aliphatic hydroxyl groups excluding tert-OH is 1. The lowest BCUT2D eigenvalue weighted by Crippen LogP contribution is -2.54. The molecular formula is C22H40N2O3. The smallest absolute Gasteiger partial charge is 0.207 e. The average molecular weight is 381 g/mol. The van der Waals surface area contributed by atoms with Crippen LogP contribution in [-0.2, 0) is 4.79 Å². The van der Waals surface area contributed by atoms with Crippen molar-refractivity contribution >= 4 is 11.8 Å². The first-order valence-corrected chi connectivity index (χ1v) is 11.1. The lowest BCUT2D eigenvalue weighted by molar-refractivity contribution is -0.783. The van der Waals surface area contributed by atoms with Gasteiger partial charge in [-0.2, -0.15) is 0 Å². The van der Waals surface area contributed by atoms with E-state index in [2.05, 4.69) is 11.9 Å². The molecule has 1 rings (SSSR count). The minimum atomic E-state index is -1.10. The molecule has 1 aliphatic heterocycles. The van der Waals surface area contributed by atoms with Crippen molar-refractivity contribution in [3.63, 3.8) is 0 Å². The number of rotatable bonds is 18. The highest BCUT2D eigenvalue weighted by Crippen LogP contribution is 2.21. The van der Waals surface area contributed by atoms with Gasteiger partial charge in [0.05, 0.1) is 18.8 Å². The van der Waals surface area contributed by atoms with Crippen LogP contribution < -0.4 is 5.11 Å². The van der Waals surface area contributed by atoms with E-state index in [9.17, 15) is 15.0 Å². The van der Waals surface area contributed by atoms with Crippen molar-refractivity contribution in [2.75, 3.05) is 19.7 Å². The van der Waals surface area contributed by atoms with Crippen LogP contribution in [0.25, 0.3) is 0 Å². The molecule has 0 aromatic heterocycles. The first-order chi connectivity index (χ1) is 13.1. The fraction of sp³-hybridized carbons (Fsp3) is 0.818. The summed E-state index contributed by atoms with van der Waals surface area (Å²) in [4.78, 5) is 15.4. The second-order valence-electron chi connectivity index (χ2n) is 7.85. The van der Waals surface area contributed by atoms with E-state index < -0.39 is 5.97 Å². The molecule has 0 saturated carbocycles. The van der Waals surface area contributed by atoms with Crippen molar-refractivity contribution in [3.8, 4) is 0 Å². The Balaban J connectivity index is 2.05. The highest BCUT2D eigenvalue weighted by atomic mass is 16.4. The van der Waals surface area contributed by atoms with E-state index in [1.807, 2.05) is 0 Å². The normalized spacial score (nSPS) is 18.8. The molecule has 0 saturated heterocycles. The zero-order valence-corrected chi connectivity index (χ0v) is 17.3. The Morgan fingerprint density at radius 1 is 0.963 bits per heavy atom. The molecule has 0 spiro atoms. The summed E-state index contributed by atoms with van der Waals surface area (Å²) in [6.45, 7) is 2.40. The number of carbonyl (C=O) groups excluding carboxylic acids is 1. The number of carboxylic acid groups (broad SMARTS) is 1. The largest absolute Gasteiger partial charge is 0.544 e. The number of carbonyl (C=O) groups is 1. The van der Waals surface area contributed by atoms with E-state index >= 15 is 0 Å². The van der Waals surface area contributed by atoms with Crippen molar-refractivity contribution in [1.82, 2.24) is 0 Å². The maximum absolute atomic E-state index is 11.1. The third kappa shape index (κ3) is 10.1. The summed E-state index contributed by atoms with van der Waals surface area (Å²) in [5, 5.41) is 20.4. The molecule has 0 amide bonds. The number of aliphatic carboxylic acids is 1. The molecule has 0 aromatic rings. The molecule has 0 radical (unpaired) electrons. The number of quaternary nitrogens is 1. The number of hydrogen-bond donors (Lipinski definition) is 1. The van der Waals surface area contributed by atoms with Gasteiger partial charge in [-0.15, -0.1) is 0 Å². The van der Waals surface area contributed by atoms with E-state index in [-0.39, 0.29) is 17.6 Å². The Morgan fingerprint density at radius 3 is 1.96 bits per heavy atom. The van der Waals surface area contributed by atoms with Crippen LogP contribution in [0.15, 0.2) is 17.4 Å². The predicted octanol–water partition coefficient (Wildman–Crippen LogP) is 3.91. The van der Waals surface area contributed by atoms with E-state index in [1.54, 1.807) is 12.4 Å². The SMILES string of the molecule is CCCCCCCCCCCCCCCC1=NC=C[N+]1(CCO)CC(=O)[O-]. The summed E-state index contributed by atoms with van der Waals surface area (Å²) in [5.74, 6) is -0.260. The number of unbranched alkanes of at least 4 members (excludes halogenated alkanes) is 12. The quantitative estimate of drug-likeness (QED) is 0.289. The van der Waals surface area contributed by atoms with E-state index in [0.29, 0.717) is 6.54 Å². The topological polar surface area (TPSA) is 72.7 Å². The van der Waals surface area contributed by atoms with Gasteiger partial charge in [0.25, 0.3) is 0 Å².